The molecule has 1 unspecified atom stereocenters. The number of nitrogens with two attached hydrogens (primary N) is 1. The van der Waals surface area contributed by atoms with Crippen LogP contribution in [0.2, 0.25) is 0 Å². The maximum atomic E-state index is 14.3. The standard InChI is InChI=1S/C21H16FN3O5/c1-28-10-15-19-20(30-17(27)9-8-16(26)29-15)18(24-21(23)25-19)13-6-7-14(22)12-5-3-2-4-11(12)13/h2-9,15H,10H2,1H3,(H2,23,24,25)/b9-8-. The summed E-state index contributed by atoms with van der Waals surface area (Å²) in [5.41, 5.74) is 6.61. The number of carbonyl (C=O) groups is 2. The van der Waals surface area contributed by atoms with Crippen molar-refractivity contribution in [2.75, 3.05) is 19.5 Å². The number of halogens is 1. The Morgan fingerprint density at radius 1 is 1.07 bits per heavy atom. The molecular formula is C21H16FN3O5. The zero-order chi connectivity index (χ0) is 21.3. The van der Waals surface area contributed by atoms with E-state index in [1.807, 2.05) is 0 Å². The minimum Gasteiger partial charge on any atom is -0.450 e. The predicted octanol–water partition coefficient (Wildman–Crippen LogP) is 2.72. The van der Waals surface area contributed by atoms with E-state index in [1.165, 1.54) is 19.2 Å². The average Bonchev–Trinajstić information content (AvgIpc) is 2.78. The van der Waals surface area contributed by atoms with Crippen molar-refractivity contribution in [3.05, 3.63) is 60.1 Å². The van der Waals surface area contributed by atoms with Gasteiger partial charge < -0.3 is 19.9 Å². The molecule has 30 heavy (non-hydrogen) atoms. The summed E-state index contributed by atoms with van der Waals surface area (Å²) in [4.78, 5) is 32.6. The van der Waals surface area contributed by atoms with Crippen LogP contribution in [0.4, 0.5) is 10.3 Å². The van der Waals surface area contributed by atoms with Gasteiger partial charge in [0.05, 0.1) is 6.61 Å². The Kier molecular flexibility index (Phi) is 5.11. The summed E-state index contributed by atoms with van der Waals surface area (Å²) >= 11 is 0. The number of nitrogen functional groups attached to an aromatic ring is 1. The van der Waals surface area contributed by atoms with Crippen LogP contribution in [0.1, 0.15) is 11.8 Å². The Bertz CT molecular complexity index is 1190. The predicted molar refractivity (Wildman–Crippen MR) is 105 cm³/mol. The minimum atomic E-state index is -1.01. The fourth-order valence-corrected chi connectivity index (χ4v) is 3.23. The lowest BCUT2D eigenvalue weighted by molar-refractivity contribution is -0.146. The van der Waals surface area contributed by atoms with Gasteiger partial charge in [-0.2, -0.15) is 0 Å². The van der Waals surface area contributed by atoms with Crippen LogP contribution in [-0.4, -0.2) is 35.6 Å². The molecule has 0 radical (unpaired) electrons. The second kappa shape index (κ2) is 7.88. The minimum absolute atomic E-state index is 0.0487. The molecule has 8 nitrogen and oxygen atoms in total. The monoisotopic (exact) mass is 409 g/mol. The van der Waals surface area contributed by atoms with Crippen molar-refractivity contribution in [1.82, 2.24) is 9.97 Å². The Balaban J connectivity index is 2.02. The molecule has 0 amide bonds. The van der Waals surface area contributed by atoms with Gasteiger partial charge in [-0.25, -0.2) is 23.9 Å². The van der Waals surface area contributed by atoms with Crippen LogP contribution in [0, 0.1) is 5.82 Å². The second-order valence-electron chi connectivity index (χ2n) is 6.42. The summed E-state index contributed by atoms with van der Waals surface area (Å²) in [6.45, 7) is -0.0653. The Morgan fingerprint density at radius 3 is 2.57 bits per heavy atom. The number of esters is 2. The first-order chi connectivity index (χ1) is 14.5. The van der Waals surface area contributed by atoms with Crippen LogP contribution in [0.5, 0.6) is 5.75 Å². The number of hydrogen-bond acceptors (Lipinski definition) is 8. The number of ether oxygens (including phenoxy) is 3. The molecule has 0 bridgehead atoms. The number of cyclic esters (lactones) is 1. The number of benzene rings is 2. The molecule has 0 spiro atoms. The fraction of sp³-hybridized carbons (Fsp3) is 0.143. The van der Waals surface area contributed by atoms with Gasteiger partial charge in [-0.15, -0.1) is 0 Å². The molecule has 4 rings (SSSR count). The third-order valence-electron chi connectivity index (χ3n) is 4.47. The topological polar surface area (TPSA) is 114 Å². The van der Waals surface area contributed by atoms with E-state index < -0.39 is 23.9 Å². The SMILES string of the molecule is COCC1OC(=O)/C=C\C(=O)Oc2c(-c3ccc(F)c4ccccc34)nc(N)nc21. The van der Waals surface area contributed by atoms with Crippen molar-refractivity contribution >= 4 is 28.7 Å². The Hall–Kier alpha value is -3.85. The van der Waals surface area contributed by atoms with Crippen LogP contribution in [0.25, 0.3) is 22.0 Å². The van der Waals surface area contributed by atoms with Crippen molar-refractivity contribution in [2.45, 2.75) is 6.10 Å². The van der Waals surface area contributed by atoms with Gasteiger partial charge in [0.15, 0.2) is 11.9 Å². The molecule has 152 valence electrons. The molecule has 1 atom stereocenters. The molecule has 2 N–H and O–H groups in total. The van der Waals surface area contributed by atoms with Gasteiger partial charge in [-0.05, 0) is 17.5 Å². The smallest absolute Gasteiger partial charge is 0.336 e. The molecule has 1 aliphatic rings. The molecule has 2 heterocycles. The quantitative estimate of drug-likeness (QED) is 0.657. The maximum Gasteiger partial charge on any atom is 0.336 e. The number of methoxy groups -OCH3 is 1. The van der Waals surface area contributed by atoms with Gasteiger partial charge in [-0.3, -0.25) is 0 Å². The molecule has 9 heteroatoms. The molecule has 3 aromatic rings. The summed E-state index contributed by atoms with van der Waals surface area (Å²) in [6.07, 6.45) is 0.869. The van der Waals surface area contributed by atoms with Crippen molar-refractivity contribution in [2.24, 2.45) is 0 Å². The number of fused-ring (bicyclic) bond motifs is 2. The summed E-state index contributed by atoms with van der Waals surface area (Å²) < 4.78 is 30.3. The average molecular weight is 409 g/mol. The van der Waals surface area contributed by atoms with Crippen molar-refractivity contribution in [1.29, 1.82) is 0 Å². The van der Waals surface area contributed by atoms with E-state index in [1.54, 1.807) is 24.3 Å². The Labute approximate surface area is 170 Å². The van der Waals surface area contributed by atoms with Crippen LogP contribution in [-0.2, 0) is 19.1 Å². The van der Waals surface area contributed by atoms with Gasteiger partial charge in [0.2, 0.25) is 5.95 Å². The molecule has 0 saturated heterocycles. The maximum absolute atomic E-state index is 14.3. The van der Waals surface area contributed by atoms with Crippen molar-refractivity contribution < 1.29 is 28.2 Å². The van der Waals surface area contributed by atoms with Crippen LogP contribution in [0.15, 0.2) is 48.6 Å². The number of hydrogen-bond donors (Lipinski definition) is 1. The first-order valence-corrected chi connectivity index (χ1v) is 8.92. The normalized spacial score (nSPS) is 17.3. The second-order valence-corrected chi connectivity index (χ2v) is 6.42. The number of anilines is 1. The van der Waals surface area contributed by atoms with Gasteiger partial charge in [0, 0.05) is 30.2 Å². The van der Waals surface area contributed by atoms with Gasteiger partial charge in [0.25, 0.3) is 0 Å². The molecular weight excluding hydrogens is 393 g/mol. The molecule has 0 aliphatic carbocycles. The highest BCUT2D eigenvalue weighted by molar-refractivity contribution is 5.99. The van der Waals surface area contributed by atoms with E-state index in [0.29, 0.717) is 16.3 Å². The van der Waals surface area contributed by atoms with Gasteiger partial charge in [0.1, 0.15) is 17.2 Å². The lowest BCUT2D eigenvalue weighted by Crippen LogP contribution is -2.18. The molecule has 1 aromatic heterocycles. The third-order valence-corrected chi connectivity index (χ3v) is 4.47. The van der Waals surface area contributed by atoms with E-state index in [2.05, 4.69) is 9.97 Å². The first kappa shape index (κ1) is 19.5. The fourth-order valence-electron chi connectivity index (χ4n) is 3.23. The van der Waals surface area contributed by atoms with Crippen LogP contribution >= 0.6 is 0 Å². The van der Waals surface area contributed by atoms with Crippen molar-refractivity contribution in [3.63, 3.8) is 0 Å². The van der Waals surface area contributed by atoms with Crippen molar-refractivity contribution in [3.8, 4) is 17.0 Å². The van der Waals surface area contributed by atoms with Gasteiger partial charge >= 0.3 is 11.9 Å². The van der Waals surface area contributed by atoms with Gasteiger partial charge in [-0.1, -0.05) is 24.3 Å². The highest BCUT2D eigenvalue weighted by Gasteiger charge is 2.29. The highest BCUT2D eigenvalue weighted by atomic mass is 19.1. The summed E-state index contributed by atoms with van der Waals surface area (Å²) in [5, 5.41) is 0.889. The zero-order valence-corrected chi connectivity index (χ0v) is 15.8. The van der Waals surface area contributed by atoms with E-state index >= 15 is 0 Å². The highest BCUT2D eigenvalue weighted by Crippen LogP contribution is 2.39. The lowest BCUT2D eigenvalue weighted by atomic mass is 10.00. The number of carbonyl (C=O) groups excluding carboxylic acids is 2. The molecule has 1 aliphatic heterocycles. The van der Waals surface area contributed by atoms with E-state index in [4.69, 9.17) is 19.9 Å². The van der Waals surface area contributed by atoms with E-state index in [0.717, 1.165) is 12.2 Å². The number of rotatable bonds is 3. The lowest BCUT2D eigenvalue weighted by Gasteiger charge is -2.20. The zero-order valence-electron chi connectivity index (χ0n) is 15.8. The summed E-state index contributed by atoms with van der Waals surface area (Å²) in [6, 6.07) is 9.57. The largest absolute Gasteiger partial charge is 0.450 e. The van der Waals surface area contributed by atoms with E-state index in [9.17, 15) is 14.0 Å². The summed E-state index contributed by atoms with van der Waals surface area (Å²) in [5.74, 6) is -2.20. The van der Waals surface area contributed by atoms with Crippen LogP contribution < -0.4 is 10.5 Å². The van der Waals surface area contributed by atoms with Crippen LogP contribution in [0.3, 0.4) is 0 Å². The number of nitrogens with zero attached hydrogens (tertiary/aromatic N) is 2. The summed E-state index contributed by atoms with van der Waals surface area (Å²) in [7, 11) is 1.42. The van der Waals surface area contributed by atoms with E-state index in [-0.39, 0.29) is 29.7 Å². The molecule has 2 aromatic carbocycles. The number of aromatic nitrogens is 2. The first-order valence-electron chi connectivity index (χ1n) is 8.92. The molecule has 0 saturated carbocycles. The Morgan fingerprint density at radius 2 is 1.80 bits per heavy atom. The molecule has 0 fully saturated rings. The third kappa shape index (κ3) is 3.58.